The molecule has 0 radical (unpaired) electrons. The number of hydrogen-bond acceptors (Lipinski definition) is 3. The highest BCUT2D eigenvalue weighted by molar-refractivity contribution is 6.57. The van der Waals surface area contributed by atoms with Gasteiger partial charge in [0, 0.05) is 19.6 Å². The summed E-state index contributed by atoms with van der Waals surface area (Å²) in [4.78, 5) is 13.6. The number of hydrogen-bond donors (Lipinski definition) is 2. The lowest BCUT2D eigenvalue weighted by molar-refractivity contribution is -0.122. The van der Waals surface area contributed by atoms with Crippen molar-refractivity contribution in [1.82, 2.24) is 10.2 Å². The molecule has 0 rings (SSSR count). The van der Waals surface area contributed by atoms with E-state index in [0.29, 0.717) is 13.1 Å². The third-order valence-corrected chi connectivity index (χ3v) is 7.59. The Bertz CT molecular complexity index is 449. The molecule has 0 unspecified atom stereocenters. The van der Waals surface area contributed by atoms with Crippen LogP contribution in [-0.4, -0.2) is 41.4 Å². The molecule has 6 heteroatoms. The minimum atomic E-state index is -1.63. The number of nitrogens with two attached hydrogens (primary N) is 1. The van der Waals surface area contributed by atoms with E-state index in [-0.39, 0.29) is 0 Å². The Kier molecular flexibility index (Phi) is 24.6. The van der Waals surface area contributed by atoms with E-state index in [1.807, 2.05) is 4.90 Å². The van der Waals surface area contributed by atoms with Crippen LogP contribution >= 0.6 is 23.2 Å². The molecule has 0 saturated heterocycles. The van der Waals surface area contributed by atoms with Crippen LogP contribution in [0.1, 0.15) is 142 Å². The van der Waals surface area contributed by atoms with Crippen LogP contribution in [0.2, 0.25) is 0 Å². The number of rotatable bonds is 27. The second-order valence-corrected chi connectivity index (χ2v) is 11.3. The second kappa shape index (κ2) is 24.7. The van der Waals surface area contributed by atoms with Crippen LogP contribution in [0.15, 0.2) is 0 Å². The van der Waals surface area contributed by atoms with Crippen molar-refractivity contribution in [3.8, 4) is 0 Å². The molecule has 0 fully saturated rings. The first-order valence-corrected chi connectivity index (χ1v) is 15.4. The summed E-state index contributed by atoms with van der Waals surface area (Å²) in [6.07, 6.45) is 26.2. The maximum atomic E-state index is 11.8. The molecule has 0 bridgehead atoms. The molecule has 3 N–H and O–H groups in total. The number of nitrogens with zero attached hydrogens (tertiary/aromatic N) is 1. The molecule has 0 spiro atoms. The van der Waals surface area contributed by atoms with Crippen LogP contribution in [-0.2, 0) is 4.79 Å². The summed E-state index contributed by atoms with van der Waals surface area (Å²) in [5.41, 5.74) is 5.47. The van der Waals surface area contributed by atoms with E-state index >= 15 is 0 Å². The number of nitrogens with one attached hydrogen (secondary N) is 1. The molecule has 0 aliphatic heterocycles. The van der Waals surface area contributed by atoms with Crippen LogP contribution in [0.25, 0.3) is 0 Å². The van der Waals surface area contributed by atoms with Crippen molar-refractivity contribution in [2.45, 2.75) is 147 Å². The Balaban J connectivity index is 3.84. The number of amides is 1. The third kappa shape index (κ3) is 20.2. The minimum Gasteiger partial charge on any atom is -0.366 e. The van der Waals surface area contributed by atoms with Crippen molar-refractivity contribution in [3.05, 3.63) is 0 Å². The molecule has 0 aromatic carbocycles. The van der Waals surface area contributed by atoms with Gasteiger partial charge in [0.15, 0.2) is 0 Å². The van der Waals surface area contributed by atoms with Crippen LogP contribution in [0, 0.1) is 0 Å². The molecule has 0 atom stereocenters. The normalized spacial score (nSPS) is 12.0. The number of carbonyl (C=O) groups is 1. The summed E-state index contributed by atoms with van der Waals surface area (Å²) in [7, 11) is 0. The van der Waals surface area contributed by atoms with Gasteiger partial charge in [-0.3, -0.25) is 9.69 Å². The molecule has 0 aromatic heterocycles. The lowest BCUT2D eigenvalue weighted by Crippen LogP contribution is -2.51. The van der Waals surface area contributed by atoms with Gasteiger partial charge in [0.2, 0.25) is 4.46 Å². The molecular formula is C28H57Cl2N3O. The van der Waals surface area contributed by atoms with Gasteiger partial charge < -0.3 is 11.1 Å². The fourth-order valence-corrected chi connectivity index (χ4v) is 4.75. The standard InChI is InChI=1S/C28H57Cl2N3O/c1-3-5-7-9-11-13-15-17-19-21-23-32-24-26-33(28(29,30)27(31)34)25-22-20-18-16-14-12-10-8-6-4-2/h32H,3-26H2,1-2H3,(H2,31,34). The predicted molar refractivity (Wildman–Crippen MR) is 152 cm³/mol. The van der Waals surface area contributed by atoms with Crippen LogP contribution < -0.4 is 11.1 Å². The first kappa shape index (κ1) is 34.0. The van der Waals surface area contributed by atoms with Gasteiger partial charge in [-0.1, -0.05) is 153 Å². The zero-order valence-corrected chi connectivity index (χ0v) is 24.2. The molecule has 34 heavy (non-hydrogen) atoms. The highest BCUT2D eigenvalue weighted by Gasteiger charge is 2.37. The van der Waals surface area contributed by atoms with Crippen molar-refractivity contribution in [2.75, 3.05) is 26.2 Å². The highest BCUT2D eigenvalue weighted by Crippen LogP contribution is 2.26. The van der Waals surface area contributed by atoms with E-state index in [9.17, 15) is 4.79 Å². The topological polar surface area (TPSA) is 58.4 Å². The Morgan fingerprint density at radius 1 is 0.618 bits per heavy atom. The van der Waals surface area contributed by atoms with Crippen LogP contribution in [0.5, 0.6) is 0 Å². The van der Waals surface area contributed by atoms with E-state index in [2.05, 4.69) is 19.2 Å². The maximum absolute atomic E-state index is 11.8. The molecule has 1 amide bonds. The van der Waals surface area contributed by atoms with Crippen molar-refractivity contribution in [1.29, 1.82) is 0 Å². The van der Waals surface area contributed by atoms with Crippen molar-refractivity contribution < 1.29 is 4.79 Å². The van der Waals surface area contributed by atoms with Crippen molar-refractivity contribution in [2.24, 2.45) is 5.73 Å². The van der Waals surface area contributed by atoms with Crippen molar-refractivity contribution in [3.63, 3.8) is 0 Å². The van der Waals surface area contributed by atoms with Crippen molar-refractivity contribution >= 4 is 29.1 Å². The molecule has 0 aliphatic rings. The van der Waals surface area contributed by atoms with Gasteiger partial charge in [0.1, 0.15) is 0 Å². The Labute approximate surface area is 222 Å². The van der Waals surface area contributed by atoms with Gasteiger partial charge in [0.05, 0.1) is 0 Å². The zero-order valence-electron chi connectivity index (χ0n) is 22.7. The van der Waals surface area contributed by atoms with Crippen LogP contribution in [0.4, 0.5) is 0 Å². The number of alkyl halides is 2. The second-order valence-electron chi connectivity index (χ2n) is 10.0. The summed E-state index contributed by atoms with van der Waals surface area (Å²) in [6, 6.07) is 0. The Hall–Kier alpha value is -0.0300. The number of primary amides is 1. The van der Waals surface area contributed by atoms with E-state index in [1.165, 1.54) is 116 Å². The number of carbonyl (C=O) groups excluding carboxylic acids is 1. The van der Waals surface area contributed by atoms with Gasteiger partial charge in [-0.05, 0) is 19.4 Å². The van der Waals surface area contributed by atoms with E-state index in [0.717, 1.165) is 25.9 Å². The highest BCUT2D eigenvalue weighted by atomic mass is 35.5. The average molecular weight is 523 g/mol. The van der Waals surface area contributed by atoms with E-state index in [1.54, 1.807) is 0 Å². The third-order valence-electron chi connectivity index (χ3n) is 6.74. The SMILES string of the molecule is CCCCCCCCCCCCNCCN(CCCCCCCCCCCC)C(Cl)(Cl)C(N)=O. The molecule has 0 saturated carbocycles. The number of unbranched alkanes of at least 4 members (excludes halogenated alkanes) is 18. The first-order chi connectivity index (χ1) is 16.5. The first-order valence-electron chi connectivity index (χ1n) is 14.6. The van der Waals surface area contributed by atoms with Gasteiger partial charge in [0.25, 0.3) is 5.91 Å². The summed E-state index contributed by atoms with van der Waals surface area (Å²) in [5, 5.41) is 3.48. The Morgan fingerprint density at radius 3 is 1.41 bits per heavy atom. The summed E-state index contributed by atoms with van der Waals surface area (Å²) in [5.74, 6) is -0.683. The minimum absolute atomic E-state index is 0.630. The quantitative estimate of drug-likeness (QED) is 0.0648. The summed E-state index contributed by atoms with van der Waals surface area (Å²) >= 11 is 12.6. The van der Waals surface area contributed by atoms with E-state index < -0.39 is 10.4 Å². The monoisotopic (exact) mass is 521 g/mol. The van der Waals surface area contributed by atoms with Crippen LogP contribution in [0.3, 0.4) is 0 Å². The largest absolute Gasteiger partial charge is 0.366 e. The molecule has 0 aromatic rings. The summed E-state index contributed by atoms with van der Waals surface area (Å²) in [6.45, 7) is 7.62. The summed E-state index contributed by atoms with van der Waals surface area (Å²) < 4.78 is -1.63. The van der Waals surface area contributed by atoms with Gasteiger partial charge >= 0.3 is 0 Å². The van der Waals surface area contributed by atoms with E-state index in [4.69, 9.17) is 28.9 Å². The van der Waals surface area contributed by atoms with Gasteiger partial charge in [-0.25, -0.2) is 0 Å². The smallest absolute Gasteiger partial charge is 0.269 e. The predicted octanol–water partition coefficient (Wildman–Crippen LogP) is 8.34. The fraction of sp³-hybridized carbons (Fsp3) is 0.964. The number of halogens is 2. The molecule has 204 valence electrons. The molecular weight excluding hydrogens is 465 g/mol. The molecule has 0 heterocycles. The molecule has 0 aliphatic carbocycles. The average Bonchev–Trinajstić information content (AvgIpc) is 2.81. The van der Waals surface area contributed by atoms with Gasteiger partial charge in [-0.2, -0.15) is 0 Å². The lowest BCUT2D eigenvalue weighted by atomic mass is 10.1. The lowest BCUT2D eigenvalue weighted by Gasteiger charge is -2.31. The fourth-order valence-electron chi connectivity index (χ4n) is 4.42. The Morgan fingerprint density at radius 2 is 1.00 bits per heavy atom. The zero-order chi connectivity index (χ0) is 25.3. The van der Waals surface area contributed by atoms with Gasteiger partial charge in [-0.15, -0.1) is 0 Å². The molecule has 4 nitrogen and oxygen atoms in total. The maximum Gasteiger partial charge on any atom is 0.269 e.